The Balaban J connectivity index is 1.22. The summed E-state index contributed by atoms with van der Waals surface area (Å²) in [5, 5.41) is 2.44. The Morgan fingerprint density at radius 3 is 1.81 bits per heavy atom. The van der Waals surface area contributed by atoms with Crippen molar-refractivity contribution in [2.24, 2.45) is 0 Å². The van der Waals surface area contributed by atoms with Crippen LogP contribution < -0.4 is 0 Å². The average Bonchev–Trinajstić information content (AvgIpc) is 3.78. The zero-order valence-corrected chi connectivity index (χ0v) is 31.5. The SMILES string of the molecule is Cc1cccc(-c2cc(-c3ccccc3)nc(-c3cccc(-n4c5ccccc5c5ccc6c(c54)C(c4ccccc4)(c4ccccc4)c4ccccc4-6)c3)n2)c1. The summed E-state index contributed by atoms with van der Waals surface area (Å²) < 4.78 is 2.49. The highest BCUT2D eigenvalue weighted by atomic mass is 15.0. The molecule has 0 amide bonds. The third-order valence-corrected chi connectivity index (χ3v) is 11.7. The van der Waals surface area contributed by atoms with Crippen LogP contribution in [0.3, 0.4) is 0 Å². The van der Waals surface area contributed by atoms with Gasteiger partial charge in [-0.3, -0.25) is 0 Å². The molecule has 11 rings (SSSR count). The smallest absolute Gasteiger partial charge is 0.160 e. The van der Waals surface area contributed by atoms with Crippen LogP contribution in [0.25, 0.3) is 72.5 Å². The molecule has 1 aliphatic rings. The van der Waals surface area contributed by atoms with Gasteiger partial charge in [-0.15, -0.1) is 0 Å². The molecule has 57 heavy (non-hydrogen) atoms. The minimum absolute atomic E-state index is 0.562. The summed E-state index contributed by atoms with van der Waals surface area (Å²) in [5.41, 5.74) is 16.5. The minimum atomic E-state index is -0.562. The summed E-state index contributed by atoms with van der Waals surface area (Å²) in [6, 6.07) is 74.5. The Bertz CT molecular complexity index is 3090. The normalized spacial score (nSPS) is 12.8. The van der Waals surface area contributed by atoms with Crippen molar-refractivity contribution < 1.29 is 0 Å². The van der Waals surface area contributed by atoms with Gasteiger partial charge in [-0.25, -0.2) is 9.97 Å². The number of hydrogen-bond acceptors (Lipinski definition) is 2. The van der Waals surface area contributed by atoms with Gasteiger partial charge < -0.3 is 4.57 Å². The molecule has 0 atom stereocenters. The van der Waals surface area contributed by atoms with Crippen LogP contribution in [0.5, 0.6) is 0 Å². The molecule has 0 bridgehead atoms. The lowest BCUT2D eigenvalue weighted by Gasteiger charge is -2.34. The van der Waals surface area contributed by atoms with Crippen LogP contribution >= 0.6 is 0 Å². The second kappa shape index (κ2) is 13.1. The fourth-order valence-corrected chi connectivity index (χ4v) is 9.32. The van der Waals surface area contributed by atoms with E-state index < -0.39 is 5.41 Å². The second-order valence-corrected chi connectivity index (χ2v) is 15.0. The topological polar surface area (TPSA) is 30.7 Å². The fraction of sp³-hybridized carbons (Fsp3) is 0.0370. The van der Waals surface area contributed by atoms with Gasteiger partial charge in [0, 0.05) is 38.7 Å². The molecular formula is C54H37N3. The van der Waals surface area contributed by atoms with Gasteiger partial charge >= 0.3 is 0 Å². The maximum atomic E-state index is 5.25. The second-order valence-electron chi connectivity index (χ2n) is 15.0. The molecule has 1 aliphatic carbocycles. The Kier molecular flexibility index (Phi) is 7.61. The van der Waals surface area contributed by atoms with Crippen molar-refractivity contribution in [1.29, 1.82) is 0 Å². The van der Waals surface area contributed by atoms with Crippen molar-refractivity contribution in [2.75, 3.05) is 0 Å². The van der Waals surface area contributed by atoms with Gasteiger partial charge in [0.05, 0.1) is 27.8 Å². The van der Waals surface area contributed by atoms with Crippen molar-refractivity contribution in [2.45, 2.75) is 12.3 Å². The summed E-state index contributed by atoms with van der Waals surface area (Å²) in [7, 11) is 0. The first-order valence-electron chi connectivity index (χ1n) is 19.6. The molecule has 0 aliphatic heterocycles. The highest BCUT2D eigenvalue weighted by molar-refractivity contribution is 6.14. The molecular weight excluding hydrogens is 691 g/mol. The van der Waals surface area contributed by atoms with Crippen LogP contribution in [0, 0.1) is 6.92 Å². The summed E-state index contributed by atoms with van der Waals surface area (Å²) >= 11 is 0. The number of fused-ring (bicyclic) bond motifs is 7. The Morgan fingerprint density at radius 1 is 0.439 bits per heavy atom. The predicted octanol–water partition coefficient (Wildman–Crippen LogP) is 13.2. The molecule has 268 valence electrons. The number of para-hydroxylation sites is 1. The first-order chi connectivity index (χ1) is 28.2. The number of nitrogens with zero attached hydrogens (tertiary/aromatic N) is 3. The van der Waals surface area contributed by atoms with Gasteiger partial charge in [-0.05, 0) is 65.1 Å². The van der Waals surface area contributed by atoms with Gasteiger partial charge in [-0.1, -0.05) is 181 Å². The molecule has 0 radical (unpaired) electrons. The molecule has 2 aromatic heterocycles. The van der Waals surface area contributed by atoms with Gasteiger partial charge in [0.1, 0.15) is 0 Å². The molecule has 0 N–H and O–H groups in total. The van der Waals surface area contributed by atoms with E-state index in [1.807, 2.05) is 6.07 Å². The highest BCUT2D eigenvalue weighted by Gasteiger charge is 2.48. The molecule has 0 spiro atoms. The van der Waals surface area contributed by atoms with E-state index in [0.717, 1.165) is 39.3 Å². The van der Waals surface area contributed by atoms with E-state index in [1.54, 1.807) is 0 Å². The quantitative estimate of drug-likeness (QED) is 0.171. The zero-order chi connectivity index (χ0) is 37.9. The van der Waals surface area contributed by atoms with E-state index in [9.17, 15) is 0 Å². The van der Waals surface area contributed by atoms with Crippen molar-refractivity contribution in [3.63, 3.8) is 0 Å². The van der Waals surface area contributed by atoms with Crippen molar-refractivity contribution in [3.05, 3.63) is 234 Å². The van der Waals surface area contributed by atoms with Gasteiger partial charge in [0.15, 0.2) is 5.82 Å². The van der Waals surface area contributed by atoms with Crippen molar-refractivity contribution in [3.8, 4) is 50.7 Å². The van der Waals surface area contributed by atoms with E-state index in [0.29, 0.717) is 5.82 Å². The van der Waals surface area contributed by atoms with E-state index in [1.165, 1.54) is 55.2 Å². The summed E-state index contributed by atoms with van der Waals surface area (Å²) in [6.45, 7) is 2.12. The fourth-order valence-electron chi connectivity index (χ4n) is 9.32. The first-order valence-corrected chi connectivity index (χ1v) is 19.6. The van der Waals surface area contributed by atoms with Gasteiger partial charge in [0.25, 0.3) is 0 Å². The van der Waals surface area contributed by atoms with Crippen molar-refractivity contribution in [1.82, 2.24) is 14.5 Å². The Hall–Kier alpha value is -7.36. The van der Waals surface area contributed by atoms with Crippen LogP contribution in [-0.4, -0.2) is 14.5 Å². The molecule has 3 nitrogen and oxygen atoms in total. The number of aromatic nitrogens is 3. The predicted molar refractivity (Wildman–Crippen MR) is 235 cm³/mol. The Morgan fingerprint density at radius 2 is 1.05 bits per heavy atom. The lowest BCUT2D eigenvalue weighted by molar-refractivity contribution is 0.772. The molecule has 0 saturated heterocycles. The lowest BCUT2D eigenvalue weighted by atomic mass is 9.67. The third-order valence-electron chi connectivity index (χ3n) is 11.7. The average molecular weight is 728 g/mol. The maximum Gasteiger partial charge on any atom is 0.160 e. The molecule has 2 heterocycles. The number of rotatable bonds is 6. The molecule has 8 aromatic carbocycles. The van der Waals surface area contributed by atoms with E-state index in [2.05, 4.69) is 212 Å². The van der Waals surface area contributed by atoms with Crippen molar-refractivity contribution >= 4 is 21.8 Å². The Labute approximate surface area is 332 Å². The van der Waals surface area contributed by atoms with E-state index in [-0.39, 0.29) is 0 Å². The molecule has 0 saturated carbocycles. The zero-order valence-electron chi connectivity index (χ0n) is 31.5. The number of aryl methyl sites for hydroxylation is 1. The molecule has 3 heteroatoms. The van der Waals surface area contributed by atoms with Gasteiger partial charge in [-0.2, -0.15) is 0 Å². The number of benzene rings is 8. The highest BCUT2D eigenvalue weighted by Crippen LogP contribution is 2.59. The van der Waals surface area contributed by atoms with Crippen LogP contribution in [0.2, 0.25) is 0 Å². The van der Waals surface area contributed by atoms with Crippen LogP contribution in [0.4, 0.5) is 0 Å². The lowest BCUT2D eigenvalue weighted by Crippen LogP contribution is -2.29. The van der Waals surface area contributed by atoms with Crippen LogP contribution in [0.1, 0.15) is 27.8 Å². The summed E-state index contributed by atoms with van der Waals surface area (Å²) in [6.07, 6.45) is 0. The van der Waals surface area contributed by atoms with Gasteiger partial charge in [0.2, 0.25) is 0 Å². The standard InChI is InChI=1S/C54H37N3/c1-36-17-15-20-38(33-36)49-35-48(37-18-5-2-6-19-37)55-53(56-49)39-21-16-26-42(34-39)57-50-30-14-12-28-44(50)46-32-31-45-43-27-11-13-29-47(43)54(51(45)52(46)57,40-22-7-3-8-23-40)41-24-9-4-10-25-41/h2-35H,1H3. The summed E-state index contributed by atoms with van der Waals surface area (Å²) in [5.74, 6) is 0.691. The number of hydrogen-bond donors (Lipinski definition) is 0. The summed E-state index contributed by atoms with van der Waals surface area (Å²) in [4.78, 5) is 10.5. The van der Waals surface area contributed by atoms with E-state index >= 15 is 0 Å². The largest absolute Gasteiger partial charge is 0.309 e. The monoisotopic (exact) mass is 727 g/mol. The molecule has 10 aromatic rings. The first kappa shape index (κ1) is 33.0. The van der Waals surface area contributed by atoms with Crippen LogP contribution in [0.15, 0.2) is 206 Å². The maximum absolute atomic E-state index is 5.25. The molecule has 0 fully saturated rings. The third kappa shape index (κ3) is 5.13. The van der Waals surface area contributed by atoms with Crippen LogP contribution in [-0.2, 0) is 5.41 Å². The van der Waals surface area contributed by atoms with E-state index in [4.69, 9.17) is 9.97 Å². The minimum Gasteiger partial charge on any atom is -0.309 e. The molecule has 0 unspecified atom stereocenters.